The summed E-state index contributed by atoms with van der Waals surface area (Å²) in [4.78, 5) is 21.0. The van der Waals surface area contributed by atoms with Crippen LogP contribution in [0.1, 0.15) is 31.7 Å². The minimum absolute atomic E-state index is 0.0324. The summed E-state index contributed by atoms with van der Waals surface area (Å²) in [6.45, 7) is 4.60. The molecule has 0 atom stereocenters. The minimum atomic E-state index is -0.579. The van der Waals surface area contributed by atoms with E-state index >= 15 is 0 Å². The monoisotopic (exact) mass is 557 g/mol. The molecule has 41 heavy (non-hydrogen) atoms. The third-order valence-corrected chi connectivity index (χ3v) is 8.76. The average Bonchev–Trinajstić information content (AvgIpc) is 3.60. The highest BCUT2D eigenvalue weighted by atomic mass is 19.1. The number of rotatable bonds is 5. The molecule has 1 aliphatic heterocycles. The van der Waals surface area contributed by atoms with Crippen molar-refractivity contribution in [3.05, 3.63) is 60.6 Å². The van der Waals surface area contributed by atoms with Gasteiger partial charge in [-0.15, -0.1) is 0 Å². The van der Waals surface area contributed by atoms with E-state index in [1.54, 1.807) is 6.33 Å². The Bertz CT molecular complexity index is 1660. The number of piperazine rings is 1. The molecular weight excluding hydrogens is 524 g/mol. The molecule has 0 bridgehead atoms. The zero-order chi connectivity index (χ0) is 28.1. The van der Waals surface area contributed by atoms with Gasteiger partial charge >= 0.3 is 0 Å². The van der Waals surface area contributed by atoms with Crippen molar-refractivity contribution < 1.29 is 8.78 Å². The number of aromatic amines is 1. The molecule has 2 aliphatic rings. The van der Waals surface area contributed by atoms with E-state index in [1.165, 1.54) is 12.8 Å². The molecule has 0 spiro atoms. The van der Waals surface area contributed by atoms with Gasteiger partial charge in [0.25, 0.3) is 0 Å². The van der Waals surface area contributed by atoms with Gasteiger partial charge in [0.05, 0.1) is 5.39 Å². The highest BCUT2D eigenvalue weighted by Crippen LogP contribution is 2.39. The number of halogens is 2. The molecule has 4 heterocycles. The number of benzene rings is 2. The van der Waals surface area contributed by atoms with E-state index in [-0.39, 0.29) is 17.0 Å². The van der Waals surface area contributed by atoms with E-state index in [9.17, 15) is 8.78 Å². The molecular formula is C30H33F2N9. The summed E-state index contributed by atoms with van der Waals surface area (Å²) in [7, 11) is 2.20. The lowest BCUT2D eigenvalue weighted by Crippen LogP contribution is -2.49. The Hall–Kier alpha value is -4.09. The molecule has 0 unspecified atom stereocenters. The van der Waals surface area contributed by atoms with Crippen LogP contribution in [-0.4, -0.2) is 73.6 Å². The van der Waals surface area contributed by atoms with Crippen LogP contribution in [0.4, 0.5) is 26.2 Å². The molecule has 3 aromatic heterocycles. The normalized spacial score (nSPS) is 20.7. The largest absolute Gasteiger partial charge is 0.383 e. The van der Waals surface area contributed by atoms with Crippen molar-refractivity contribution in [2.24, 2.45) is 0 Å². The van der Waals surface area contributed by atoms with Crippen LogP contribution in [0.3, 0.4) is 0 Å². The Morgan fingerprint density at radius 3 is 2.34 bits per heavy atom. The highest BCUT2D eigenvalue weighted by molar-refractivity contribution is 6.00. The SMILES string of the molecule is CN1CCN([C@H]2CC[C@@H](n3cc(-c4ccc(Nc5nc6c(F)ccc(F)c6[nH]5)cc4)c4c(N)ncnc43)CC2)CC1. The van der Waals surface area contributed by atoms with Crippen molar-refractivity contribution in [1.29, 1.82) is 0 Å². The van der Waals surface area contributed by atoms with Gasteiger partial charge in [0.1, 0.15) is 34.6 Å². The zero-order valence-corrected chi connectivity index (χ0v) is 22.9. The van der Waals surface area contributed by atoms with Crippen molar-refractivity contribution in [1.82, 2.24) is 34.3 Å². The predicted octanol–water partition coefficient (Wildman–Crippen LogP) is 5.31. The van der Waals surface area contributed by atoms with Crippen molar-refractivity contribution in [2.75, 3.05) is 44.3 Å². The molecule has 7 rings (SSSR count). The molecule has 11 heteroatoms. The van der Waals surface area contributed by atoms with Gasteiger partial charge in [-0.2, -0.15) is 0 Å². The Labute approximate surface area is 236 Å². The van der Waals surface area contributed by atoms with E-state index in [2.05, 4.69) is 52.9 Å². The second-order valence-electron chi connectivity index (χ2n) is 11.2. The number of imidazole rings is 1. The average molecular weight is 558 g/mol. The van der Waals surface area contributed by atoms with Gasteiger partial charge in [0.2, 0.25) is 5.95 Å². The first kappa shape index (κ1) is 25.8. The lowest BCUT2D eigenvalue weighted by molar-refractivity contribution is 0.0828. The molecule has 0 radical (unpaired) electrons. The first-order chi connectivity index (χ1) is 19.9. The van der Waals surface area contributed by atoms with Crippen LogP contribution >= 0.6 is 0 Å². The maximum absolute atomic E-state index is 14.1. The Morgan fingerprint density at radius 1 is 0.902 bits per heavy atom. The number of hydrogen-bond acceptors (Lipinski definition) is 7. The molecule has 1 saturated carbocycles. The van der Waals surface area contributed by atoms with E-state index in [0.717, 1.165) is 79.0 Å². The number of fused-ring (bicyclic) bond motifs is 2. The highest BCUT2D eigenvalue weighted by Gasteiger charge is 2.30. The van der Waals surface area contributed by atoms with Gasteiger partial charge in [-0.1, -0.05) is 12.1 Å². The number of nitrogens with zero attached hydrogens (tertiary/aromatic N) is 6. The molecule has 2 aromatic carbocycles. The third-order valence-electron chi connectivity index (χ3n) is 8.76. The quantitative estimate of drug-likeness (QED) is 0.269. The fourth-order valence-electron chi connectivity index (χ4n) is 6.45. The Balaban J connectivity index is 1.13. The van der Waals surface area contributed by atoms with Crippen LogP contribution in [0, 0.1) is 11.6 Å². The molecule has 9 nitrogen and oxygen atoms in total. The fraction of sp³-hybridized carbons (Fsp3) is 0.367. The van der Waals surface area contributed by atoms with Crippen LogP contribution in [0.15, 0.2) is 48.9 Å². The predicted molar refractivity (Wildman–Crippen MR) is 157 cm³/mol. The number of nitrogens with one attached hydrogen (secondary N) is 2. The number of H-pyrrole nitrogens is 1. The van der Waals surface area contributed by atoms with Gasteiger partial charge in [0, 0.05) is 55.7 Å². The maximum Gasteiger partial charge on any atom is 0.205 e. The number of nitrogen functional groups attached to an aromatic ring is 1. The summed E-state index contributed by atoms with van der Waals surface area (Å²) in [6.07, 6.45) is 8.28. The van der Waals surface area contributed by atoms with E-state index in [4.69, 9.17) is 5.73 Å². The van der Waals surface area contributed by atoms with E-state index < -0.39 is 11.6 Å². The first-order valence-corrected chi connectivity index (χ1v) is 14.2. The topological polar surface area (TPSA) is 104 Å². The lowest BCUT2D eigenvalue weighted by atomic mass is 9.89. The van der Waals surface area contributed by atoms with Crippen LogP contribution in [0.5, 0.6) is 0 Å². The summed E-state index contributed by atoms with van der Waals surface area (Å²) in [6, 6.07) is 10.9. The summed E-state index contributed by atoms with van der Waals surface area (Å²) in [5.41, 5.74) is 9.95. The summed E-state index contributed by atoms with van der Waals surface area (Å²) < 4.78 is 30.4. The van der Waals surface area contributed by atoms with E-state index in [1.807, 2.05) is 24.3 Å². The first-order valence-electron chi connectivity index (χ1n) is 14.2. The van der Waals surface area contributed by atoms with Gasteiger partial charge in [-0.3, -0.25) is 4.90 Å². The van der Waals surface area contributed by atoms with Crippen LogP contribution in [0.2, 0.25) is 0 Å². The smallest absolute Gasteiger partial charge is 0.205 e. The number of nitrogens with two attached hydrogens (primary N) is 1. The van der Waals surface area contributed by atoms with Crippen molar-refractivity contribution >= 4 is 39.5 Å². The van der Waals surface area contributed by atoms with Gasteiger partial charge in [0.15, 0.2) is 5.82 Å². The number of likely N-dealkylation sites (N-methyl/N-ethyl adjacent to an activating group) is 1. The molecule has 1 aliphatic carbocycles. The number of hydrogen-bond donors (Lipinski definition) is 3. The van der Waals surface area contributed by atoms with Crippen molar-refractivity contribution in [2.45, 2.75) is 37.8 Å². The third kappa shape index (κ3) is 4.78. The summed E-state index contributed by atoms with van der Waals surface area (Å²) in [5, 5.41) is 3.96. The molecule has 0 amide bonds. The number of anilines is 3. The molecule has 4 N–H and O–H groups in total. The van der Waals surface area contributed by atoms with Crippen molar-refractivity contribution in [3.63, 3.8) is 0 Å². The van der Waals surface area contributed by atoms with Gasteiger partial charge in [-0.25, -0.2) is 23.7 Å². The lowest BCUT2D eigenvalue weighted by Gasteiger charge is -2.41. The second kappa shape index (κ2) is 10.4. The van der Waals surface area contributed by atoms with Crippen LogP contribution in [0.25, 0.3) is 33.2 Å². The second-order valence-corrected chi connectivity index (χ2v) is 11.2. The summed E-state index contributed by atoms with van der Waals surface area (Å²) >= 11 is 0. The van der Waals surface area contributed by atoms with Gasteiger partial charge in [-0.05, 0) is 62.6 Å². The van der Waals surface area contributed by atoms with Crippen molar-refractivity contribution in [3.8, 4) is 11.1 Å². The summed E-state index contributed by atoms with van der Waals surface area (Å²) in [5.74, 6) is -0.409. The standard InChI is InChI=1S/C30H33F2N9/c1-39-12-14-40(15-13-39)20-6-8-21(9-7-20)41-16-22(25-28(33)34-17-35-29(25)41)18-2-4-19(5-3-18)36-30-37-26-23(31)10-11-24(32)27(26)38-30/h2-5,10-11,16-17,20-21H,6-9,12-15H2,1H3,(H2,33,34,35)(H2,36,37,38)/t20-,21+. The van der Waals surface area contributed by atoms with E-state index in [0.29, 0.717) is 17.9 Å². The molecule has 212 valence electrons. The van der Waals surface area contributed by atoms with Crippen LogP contribution in [-0.2, 0) is 0 Å². The van der Waals surface area contributed by atoms with Crippen LogP contribution < -0.4 is 11.1 Å². The minimum Gasteiger partial charge on any atom is -0.383 e. The fourth-order valence-corrected chi connectivity index (χ4v) is 6.45. The molecule has 1 saturated heterocycles. The van der Waals surface area contributed by atoms with Gasteiger partial charge < -0.3 is 25.5 Å². The zero-order valence-electron chi connectivity index (χ0n) is 22.9. The molecule has 5 aromatic rings. The number of aromatic nitrogens is 5. The Kier molecular flexibility index (Phi) is 6.55. The maximum atomic E-state index is 14.1. The molecule has 2 fully saturated rings. The Morgan fingerprint density at radius 2 is 1.61 bits per heavy atom.